The van der Waals surface area contributed by atoms with Gasteiger partial charge in [-0.15, -0.1) is 0 Å². The van der Waals surface area contributed by atoms with Crippen LogP contribution < -0.4 is 5.32 Å². The number of nitrogens with one attached hydrogen (secondary N) is 1. The number of nitrogens with zero attached hydrogens (tertiary/aromatic N) is 2. The van der Waals surface area contributed by atoms with Crippen LogP contribution in [-0.2, 0) is 18.3 Å². The largest absolute Gasteiger partial charge is 0.385 e. The van der Waals surface area contributed by atoms with Crippen molar-refractivity contribution < 1.29 is 4.74 Å². The van der Waals surface area contributed by atoms with Gasteiger partial charge < -0.3 is 14.6 Å². The number of methoxy groups -OCH3 is 1. The summed E-state index contributed by atoms with van der Waals surface area (Å²) in [6.07, 6.45) is 5.17. The molecule has 0 fully saturated rings. The fourth-order valence-electron chi connectivity index (χ4n) is 1.46. The summed E-state index contributed by atoms with van der Waals surface area (Å²) in [7, 11) is 3.66. The van der Waals surface area contributed by atoms with Gasteiger partial charge in [0, 0.05) is 20.8 Å². The lowest BCUT2D eigenvalue weighted by Gasteiger charge is -2.05. The van der Waals surface area contributed by atoms with Crippen LogP contribution in [0.25, 0.3) is 0 Å². The van der Waals surface area contributed by atoms with E-state index >= 15 is 0 Å². The minimum Gasteiger partial charge on any atom is -0.385 e. The van der Waals surface area contributed by atoms with Crippen LogP contribution in [0.4, 0.5) is 0 Å². The van der Waals surface area contributed by atoms with Crippen LogP contribution in [0.3, 0.4) is 0 Å². The van der Waals surface area contributed by atoms with Crippen LogP contribution in [0, 0.1) is 0 Å². The second kappa shape index (κ2) is 7.65. The minimum absolute atomic E-state index is 0.678. The van der Waals surface area contributed by atoms with Crippen molar-refractivity contribution in [2.24, 2.45) is 7.05 Å². The molecule has 1 N–H and O–H groups in total. The number of imidazole rings is 1. The van der Waals surface area contributed by atoms with Gasteiger partial charge in [-0.3, -0.25) is 0 Å². The fourth-order valence-corrected chi connectivity index (χ4v) is 1.61. The first-order chi connectivity index (χ1) is 7.75. The number of halogens is 1. The van der Waals surface area contributed by atoms with Crippen molar-refractivity contribution >= 4 is 11.6 Å². The quantitative estimate of drug-likeness (QED) is 0.712. The van der Waals surface area contributed by atoms with E-state index in [1.807, 2.05) is 11.6 Å². The third-order valence-corrected chi connectivity index (χ3v) is 2.86. The van der Waals surface area contributed by atoms with Crippen molar-refractivity contribution in [3.8, 4) is 0 Å². The molecule has 0 amide bonds. The van der Waals surface area contributed by atoms with Gasteiger partial charge in [-0.2, -0.15) is 0 Å². The smallest absolute Gasteiger partial charge is 0.128 e. The maximum atomic E-state index is 5.89. The van der Waals surface area contributed by atoms with E-state index in [9.17, 15) is 0 Å². The predicted molar refractivity (Wildman–Crippen MR) is 65.7 cm³/mol. The fraction of sp³-hybridized carbons (Fsp3) is 0.727. The molecule has 4 nitrogen and oxygen atoms in total. The second-order valence-corrected chi connectivity index (χ2v) is 4.17. The van der Waals surface area contributed by atoms with Gasteiger partial charge in [0.2, 0.25) is 0 Å². The van der Waals surface area contributed by atoms with Gasteiger partial charge >= 0.3 is 0 Å². The van der Waals surface area contributed by atoms with Gasteiger partial charge in [0.25, 0.3) is 0 Å². The molecule has 0 saturated carbocycles. The Kier molecular flexibility index (Phi) is 6.45. The number of unbranched alkanes of at least 4 members (excludes halogenated alkanes) is 2. The lowest BCUT2D eigenvalue weighted by Crippen LogP contribution is -2.17. The molecule has 1 rings (SSSR count). The van der Waals surface area contributed by atoms with E-state index in [4.69, 9.17) is 16.3 Å². The van der Waals surface area contributed by atoms with Crippen molar-refractivity contribution in [2.45, 2.75) is 25.8 Å². The summed E-state index contributed by atoms with van der Waals surface area (Å²) < 4.78 is 6.88. The zero-order valence-corrected chi connectivity index (χ0v) is 10.8. The van der Waals surface area contributed by atoms with E-state index in [1.54, 1.807) is 13.3 Å². The molecule has 0 bridgehead atoms. The van der Waals surface area contributed by atoms with E-state index in [0.29, 0.717) is 5.15 Å². The topological polar surface area (TPSA) is 39.1 Å². The molecule has 16 heavy (non-hydrogen) atoms. The van der Waals surface area contributed by atoms with E-state index in [0.717, 1.165) is 31.9 Å². The van der Waals surface area contributed by atoms with Crippen molar-refractivity contribution in [2.75, 3.05) is 20.3 Å². The first-order valence-electron chi connectivity index (χ1n) is 5.61. The van der Waals surface area contributed by atoms with Gasteiger partial charge in [0.15, 0.2) is 0 Å². The molecular weight excluding hydrogens is 226 g/mol. The Morgan fingerprint density at radius 3 is 2.88 bits per heavy atom. The van der Waals surface area contributed by atoms with E-state index < -0.39 is 0 Å². The second-order valence-electron chi connectivity index (χ2n) is 3.79. The average Bonchev–Trinajstić information content (AvgIpc) is 2.59. The van der Waals surface area contributed by atoms with Crippen LogP contribution in [0.15, 0.2) is 6.20 Å². The number of rotatable bonds is 8. The third kappa shape index (κ3) is 4.51. The molecular formula is C11H20ClN3O. The van der Waals surface area contributed by atoms with Gasteiger partial charge in [0.05, 0.1) is 12.7 Å². The molecule has 1 aromatic rings. The molecule has 0 radical (unpaired) electrons. The Hall–Kier alpha value is -0.580. The number of aromatic nitrogens is 2. The van der Waals surface area contributed by atoms with Gasteiger partial charge in [-0.25, -0.2) is 4.98 Å². The summed E-state index contributed by atoms with van der Waals surface area (Å²) in [6, 6.07) is 0. The Morgan fingerprint density at radius 2 is 2.25 bits per heavy atom. The van der Waals surface area contributed by atoms with Crippen molar-refractivity contribution in [1.29, 1.82) is 0 Å². The molecule has 5 heteroatoms. The Bertz CT molecular complexity index is 301. The molecule has 0 unspecified atom stereocenters. The summed E-state index contributed by atoms with van der Waals surface area (Å²) in [5, 5.41) is 4.03. The summed E-state index contributed by atoms with van der Waals surface area (Å²) in [5.74, 6) is 0.974. The van der Waals surface area contributed by atoms with Gasteiger partial charge in [-0.05, 0) is 25.8 Å². The van der Waals surface area contributed by atoms with Gasteiger partial charge in [-0.1, -0.05) is 11.6 Å². The summed E-state index contributed by atoms with van der Waals surface area (Å²) in [6.45, 7) is 2.64. The normalized spacial score (nSPS) is 10.9. The lowest BCUT2D eigenvalue weighted by atomic mass is 10.2. The maximum Gasteiger partial charge on any atom is 0.128 e. The Labute approximate surface area is 102 Å². The zero-order valence-electron chi connectivity index (χ0n) is 10.0. The van der Waals surface area contributed by atoms with Gasteiger partial charge in [0.1, 0.15) is 11.0 Å². The van der Waals surface area contributed by atoms with E-state index in [2.05, 4.69) is 10.3 Å². The zero-order chi connectivity index (χ0) is 11.8. The predicted octanol–water partition coefficient (Wildman–Crippen LogP) is 1.98. The summed E-state index contributed by atoms with van der Waals surface area (Å²) >= 11 is 5.89. The van der Waals surface area contributed by atoms with E-state index in [1.165, 1.54) is 12.8 Å². The molecule has 0 saturated heterocycles. The highest BCUT2D eigenvalue weighted by molar-refractivity contribution is 6.29. The summed E-state index contributed by atoms with van der Waals surface area (Å²) in [4.78, 5) is 4.21. The van der Waals surface area contributed by atoms with Crippen LogP contribution in [0.5, 0.6) is 0 Å². The van der Waals surface area contributed by atoms with Crippen molar-refractivity contribution in [3.63, 3.8) is 0 Å². The monoisotopic (exact) mass is 245 g/mol. The lowest BCUT2D eigenvalue weighted by molar-refractivity contribution is 0.192. The molecule has 0 aromatic carbocycles. The molecule has 1 heterocycles. The van der Waals surface area contributed by atoms with Crippen LogP contribution in [-0.4, -0.2) is 29.8 Å². The first kappa shape index (κ1) is 13.5. The highest BCUT2D eigenvalue weighted by Crippen LogP contribution is 2.08. The Morgan fingerprint density at radius 1 is 1.44 bits per heavy atom. The SMILES string of the molecule is COCCCCCNCc1ncc(Cl)n1C. The molecule has 0 aliphatic rings. The third-order valence-electron chi connectivity index (χ3n) is 2.51. The maximum absolute atomic E-state index is 5.89. The molecule has 92 valence electrons. The molecule has 0 spiro atoms. The van der Waals surface area contributed by atoms with Crippen molar-refractivity contribution in [1.82, 2.24) is 14.9 Å². The van der Waals surface area contributed by atoms with E-state index in [-0.39, 0.29) is 0 Å². The summed E-state index contributed by atoms with van der Waals surface area (Å²) in [5.41, 5.74) is 0. The highest BCUT2D eigenvalue weighted by atomic mass is 35.5. The number of hydrogen-bond acceptors (Lipinski definition) is 3. The standard InChI is InChI=1S/C11H20ClN3O/c1-15-10(12)8-14-11(15)9-13-6-4-3-5-7-16-2/h8,13H,3-7,9H2,1-2H3. The van der Waals surface area contributed by atoms with Crippen LogP contribution in [0.2, 0.25) is 5.15 Å². The number of hydrogen-bond donors (Lipinski definition) is 1. The molecule has 0 aliphatic heterocycles. The Balaban J connectivity index is 2.05. The highest BCUT2D eigenvalue weighted by Gasteiger charge is 2.02. The molecule has 0 aliphatic carbocycles. The molecule has 1 aromatic heterocycles. The van der Waals surface area contributed by atoms with Crippen LogP contribution in [0.1, 0.15) is 25.1 Å². The van der Waals surface area contributed by atoms with Crippen molar-refractivity contribution in [3.05, 3.63) is 17.2 Å². The first-order valence-corrected chi connectivity index (χ1v) is 5.99. The number of ether oxygens (including phenoxy) is 1. The van der Waals surface area contributed by atoms with Crippen LogP contribution >= 0.6 is 11.6 Å². The minimum atomic E-state index is 0.678. The molecule has 0 atom stereocenters. The average molecular weight is 246 g/mol.